The average Bonchev–Trinajstić information content (AvgIpc) is 2.46. The third-order valence-corrected chi connectivity index (χ3v) is 4.18. The minimum Gasteiger partial charge on any atom is -0.283 e. The van der Waals surface area contributed by atoms with Crippen molar-refractivity contribution >= 4 is 27.3 Å². The fourth-order valence-corrected chi connectivity index (χ4v) is 2.96. The summed E-state index contributed by atoms with van der Waals surface area (Å²) < 4.78 is 90.2. The van der Waals surface area contributed by atoms with Gasteiger partial charge in [0.1, 0.15) is 0 Å². The Hall–Kier alpha value is -1.87. The van der Waals surface area contributed by atoms with Crippen molar-refractivity contribution in [3.05, 3.63) is 63.7 Å². The molecule has 0 saturated carbocycles. The van der Waals surface area contributed by atoms with Crippen molar-refractivity contribution in [1.82, 2.24) is 0 Å². The van der Waals surface area contributed by atoms with Crippen LogP contribution in [-0.4, -0.2) is 14.7 Å². The lowest BCUT2D eigenvalue weighted by molar-refractivity contribution is -0.137. The molecule has 2 aromatic rings. The predicted octanol–water partition coefficient (Wildman–Crippen LogP) is 4.60. The summed E-state index contributed by atoms with van der Waals surface area (Å²) in [4.78, 5) is 0. The molecule has 0 aliphatic carbocycles. The van der Waals surface area contributed by atoms with E-state index in [1.54, 1.807) is 0 Å². The Morgan fingerprint density at radius 1 is 1.12 bits per heavy atom. The van der Waals surface area contributed by atoms with Crippen LogP contribution in [0.15, 0.2) is 30.3 Å². The third-order valence-electron chi connectivity index (χ3n) is 3.24. The average molecular weight is 400 g/mol. The minimum atomic E-state index is -4.60. The molecule has 0 aromatic heterocycles. The zero-order valence-corrected chi connectivity index (χ0v) is 14.2. The Balaban J connectivity index is 2.48. The fourth-order valence-electron chi connectivity index (χ4n) is 2.12. The summed E-state index contributed by atoms with van der Waals surface area (Å²) >= 11 is 5.81. The second-order valence-electron chi connectivity index (χ2n) is 5.24. The van der Waals surface area contributed by atoms with Crippen LogP contribution in [-0.2, 0) is 22.6 Å². The molecule has 136 valence electrons. The molecule has 2 aromatic carbocycles. The van der Waals surface area contributed by atoms with Crippen LogP contribution in [0.1, 0.15) is 16.7 Å². The number of hydrogen-bond donors (Lipinski definition) is 1. The Labute approximate surface area is 145 Å². The van der Waals surface area contributed by atoms with Gasteiger partial charge >= 0.3 is 6.18 Å². The van der Waals surface area contributed by atoms with Gasteiger partial charge in [0.05, 0.1) is 17.5 Å². The molecule has 0 aliphatic rings. The second kappa shape index (κ2) is 6.80. The molecule has 0 radical (unpaired) electrons. The van der Waals surface area contributed by atoms with Gasteiger partial charge in [-0.3, -0.25) is 4.72 Å². The summed E-state index contributed by atoms with van der Waals surface area (Å²) in [6.07, 6.45) is -4.18. The zero-order valence-electron chi connectivity index (χ0n) is 12.6. The van der Waals surface area contributed by atoms with E-state index >= 15 is 0 Å². The van der Waals surface area contributed by atoms with Crippen molar-refractivity contribution < 1.29 is 30.4 Å². The van der Waals surface area contributed by atoms with E-state index < -0.39 is 39.8 Å². The first-order valence-electron chi connectivity index (χ1n) is 6.69. The number of hydrogen-bond acceptors (Lipinski definition) is 2. The molecule has 0 atom stereocenters. The van der Waals surface area contributed by atoms with Gasteiger partial charge in [0.15, 0.2) is 11.6 Å². The van der Waals surface area contributed by atoms with E-state index in [1.807, 2.05) is 4.72 Å². The van der Waals surface area contributed by atoms with Crippen LogP contribution >= 0.6 is 11.6 Å². The highest BCUT2D eigenvalue weighted by Gasteiger charge is 2.31. The fraction of sp³-hybridized carbons (Fsp3) is 0.200. The van der Waals surface area contributed by atoms with Crippen LogP contribution in [0.4, 0.5) is 27.6 Å². The highest BCUT2D eigenvalue weighted by molar-refractivity contribution is 7.92. The number of halogens is 6. The summed E-state index contributed by atoms with van der Waals surface area (Å²) in [6, 6.07) is 4.20. The third kappa shape index (κ3) is 4.82. The minimum absolute atomic E-state index is 0.0794. The lowest BCUT2D eigenvalue weighted by Gasteiger charge is -2.14. The summed E-state index contributed by atoms with van der Waals surface area (Å²) in [5.74, 6) is -2.54. The first kappa shape index (κ1) is 19.5. The molecule has 0 saturated heterocycles. The van der Waals surface area contributed by atoms with E-state index in [4.69, 9.17) is 11.6 Å². The first-order chi connectivity index (χ1) is 11.4. The molecule has 1 N–H and O–H groups in total. The Morgan fingerprint density at radius 2 is 1.76 bits per heavy atom. The summed E-state index contributed by atoms with van der Waals surface area (Å²) in [7, 11) is -3.78. The molecule has 10 heteroatoms. The predicted molar refractivity (Wildman–Crippen MR) is 84.1 cm³/mol. The van der Waals surface area contributed by atoms with Crippen molar-refractivity contribution in [3.8, 4) is 0 Å². The Kier molecular flexibility index (Phi) is 5.29. The van der Waals surface area contributed by atoms with Crippen molar-refractivity contribution in [2.24, 2.45) is 0 Å². The number of alkyl halides is 3. The van der Waals surface area contributed by atoms with Gasteiger partial charge in [-0.2, -0.15) is 13.2 Å². The highest BCUT2D eigenvalue weighted by Crippen LogP contribution is 2.34. The lowest BCUT2D eigenvalue weighted by Crippen LogP contribution is -2.13. The molecule has 2 rings (SSSR count). The smallest absolute Gasteiger partial charge is 0.283 e. The van der Waals surface area contributed by atoms with Crippen LogP contribution < -0.4 is 4.72 Å². The van der Waals surface area contributed by atoms with Crippen molar-refractivity contribution in [1.29, 1.82) is 0 Å². The standard InChI is InChI=1S/C15H11ClF5NO2S/c1-25(23,24)22-13-5-4-12(17)14(18)10(13)6-8-2-3-9(7-11(8)16)15(19,20)21/h2-5,7,22H,6H2,1H3. The first-order valence-corrected chi connectivity index (χ1v) is 8.95. The molecule has 0 spiro atoms. The molecule has 0 unspecified atom stereocenters. The van der Waals surface area contributed by atoms with Gasteiger partial charge in [0, 0.05) is 17.0 Å². The largest absolute Gasteiger partial charge is 0.416 e. The van der Waals surface area contributed by atoms with E-state index in [9.17, 15) is 30.4 Å². The van der Waals surface area contributed by atoms with Gasteiger partial charge < -0.3 is 0 Å². The zero-order chi connectivity index (χ0) is 19.0. The quantitative estimate of drug-likeness (QED) is 0.764. The van der Waals surface area contributed by atoms with Gasteiger partial charge in [-0.15, -0.1) is 0 Å². The van der Waals surface area contributed by atoms with Crippen LogP contribution in [0, 0.1) is 11.6 Å². The van der Waals surface area contributed by atoms with Crippen LogP contribution in [0.2, 0.25) is 5.02 Å². The van der Waals surface area contributed by atoms with Gasteiger partial charge in [0.2, 0.25) is 10.0 Å². The van der Waals surface area contributed by atoms with Gasteiger partial charge in [-0.1, -0.05) is 17.7 Å². The molecule has 3 nitrogen and oxygen atoms in total. The van der Waals surface area contributed by atoms with E-state index in [2.05, 4.69) is 0 Å². The van der Waals surface area contributed by atoms with Gasteiger partial charge in [0.25, 0.3) is 0 Å². The van der Waals surface area contributed by atoms with Crippen molar-refractivity contribution in [2.75, 3.05) is 11.0 Å². The van der Waals surface area contributed by atoms with Crippen LogP contribution in [0.5, 0.6) is 0 Å². The molecular weight excluding hydrogens is 389 g/mol. The highest BCUT2D eigenvalue weighted by atomic mass is 35.5. The van der Waals surface area contributed by atoms with E-state index in [0.29, 0.717) is 6.07 Å². The molecule has 0 heterocycles. The summed E-state index contributed by atoms with van der Waals surface area (Å²) in [5.41, 5.74) is -1.50. The van der Waals surface area contributed by atoms with Gasteiger partial charge in [-0.05, 0) is 29.8 Å². The number of anilines is 1. The number of sulfonamides is 1. The van der Waals surface area contributed by atoms with Crippen LogP contribution in [0.25, 0.3) is 0 Å². The Morgan fingerprint density at radius 3 is 2.28 bits per heavy atom. The SMILES string of the molecule is CS(=O)(=O)Nc1ccc(F)c(F)c1Cc1ccc(C(F)(F)F)cc1Cl. The molecule has 0 bridgehead atoms. The van der Waals surface area contributed by atoms with Crippen LogP contribution in [0.3, 0.4) is 0 Å². The van der Waals surface area contributed by atoms with E-state index in [0.717, 1.165) is 30.5 Å². The number of nitrogens with one attached hydrogen (secondary N) is 1. The molecular formula is C15H11ClF5NO2S. The molecule has 25 heavy (non-hydrogen) atoms. The maximum atomic E-state index is 14.1. The topological polar surface area (TPSA) is 46.2 Å². The molecule has 0 amide bonds. The van der Waals surface area contributed by atoms with Crippen molar-refractivity contribution in [2.45, 2.75) is 12.6 Å². The summed E-state index contributed by atoms with van der Waals surface area (Å²) in [5, 5.41) is -0.302. The number of benzene rings is 2. The molecule has 0 aliphatic heterocycles. The Bertz CT molecular complexity index is 913. The number of rotatable bonds is 4. The van der Waals surface area contributed by atoms with Crippen molar-refractivity contribution in [3.63, 3.8) is 0 Å². The normalized spacial score (nSPS) is 12.3. The monoisotopic (exact) mass is 399 g/mol. The summed E-state index contributed by atoms with van der Waals surface area (Å²) in [6.45, 7) is 0. The maximum absolute atomic E-state index is 14.1. The lowest BCUT2D eigenvalue weighted by atomic mass is 10.0. The molecule has 0 fully saturated rings. The van der Waals surface area contributed by atoms with E-state index in [1.165, 1.54) is 0 Å². The van der Waals surface area contributed by atoms with E-state index in [-0.39, 0.29) is 21.8 Å². The van der Waals surface area contributed by atoms with Gasteiger partial charge in [-0.25, -0.2) is 17.2 Å². The second-order valence-corrected chi connectivity index (χ2v) is 7.40. The maximum Gasteiger partial charge on any atom is 0.416 e.